The molecular formula is C33H41N3O8. The summed E-state index contributed by atoms with van der Waals surface area (Å²) in [5.74, 6) is -1.40. The third-order valence-electron chi connectivity index (χ3n) is 6.16. The van der Waals surface area contributed by atoms with Crippen LogP contribution in [-0.4, -0.2) is 63.6 Å². The molecule has 0 aliphatic carbocycles. The molecule has 3 aromatic rings. The van der Waals surface area contributed by atoms with Crippen molar-refractivity contribution in [1.29, 1.82) is 0 Å². The van der Waals surface area contributed by atoms with E-state index in [4.69, 9.17) is 14.2 Å². The number of rotatable bonds is 11. The van der Waals surface area contributed by atoms with Crippen LogP contribution >= 0.6 is 0 Å². The number of nitrogens with zero attached hydrogens (tertiary/aromatic N) is 1. The van der Waals surface area contributed by atoms with Crippen LogP contribution in [0.5, 0.6) is 5.75 Å². The Morgan fingerprint density at radius 1 is 0.886 bits per heavy atom. The predicted molar refractivity (Wildman–Crippen MR) is 166 cm³/mol. The Morgan fingerprint density at radius 2 is 1.52 bits per heavy atom. The molecule has 0 unspecified atom stereocenters. The van der Waals surface area contributed by atoms with Crippen molar-refractivity contribution in [1.82, 2.24) is 15.2 Å². The summed E-state index contributed by atoms with van der Waals surface area (Å²) < 4.78 is 17.7. The lowest BCUT2D eigenvalue weighted by molar-refractivity contribution is -0.142. The van der Waals surface area contributed by atoms with Crippen LogP contribution in [0.1, 0.15) is 52.7 Å². The molecule has 1 aromatic heterocycles. The van der Waals surface area contributed by atoms with Crippen molar-refractivity contribution in [3.05, 3.63) is 78.5 Å². The number of hydrogen-bond donors (Lipinski definition) is 3. The summed E-state index contributed by atoms with van der Waals surface area (Å²) in [4.78, 5) is 51.5. The Morgan fingerprint density at radius 3 is 2.11 bits per heavy atom. The summed E-state index contributed by atoms with van der Waals surface area (Å²) in [7, 11) is 0. The fourth-order valence-corrected chi connectivity index (χ4v) is 4.34. The maximum atomic E-state index is 13.5. The van der Waals surface area contributed by atoms with Crippen molar-refractivity contribution in [3.8, 4) is 5.75 Å². The van der Waals surface area contributed by atoms with E-state index in [-0.39, 0.29) is 12.8 Å². The van der Waals surface area contributed by atoms with Gasteiger partial charge < -0.3 is 30.0 Å². The number of alkyl carbamates (subject to hydrolysis) is 1. The molecule has 0 saturated heterocycles. The van der Waals surface area contributed by atoms with Gasteiger partial charge in [-0.05, 0) is 70.9 Å². The highest BCUT2D eigenvalue weighted by Gasteiger charge is 2.30. The van der Waals surface area contributed by atoms with Crippen LogP contribution in [-0.2, 0) is 31.9 Å². The highest BCUT2D eigenvalue weighted by molar-refractivity contribution is 5.93. The Bertz CT molecular complexity index is 1500. The van der Waals surface area contributed by atoms with Gasteiger partial charge in [0.2, 0.25) is 5.91 Å². The van der Waals surface area contributed by atoms with E-state index in [1.807, 2.05) is 0 Å². The van der Waals surface area contributed by atoms with Crippen LogP contribution < -0.4 is 15.4 Å². The van der Waals surface area contributed by atoms with Gasteiger partial charge in [0.15, 0.2) is 0 Å². The van der Waals surface area contributed by atoms with Crippen molar-refractivity contribution >= 4 is 35.0 Å². The second kappa shape index (κ2) is 14.1. The van der Waals surface area contributed by atoms with Gasteiger partial charge in [-0.3, -0.25) is 9.36 Å². The molecule has 0 fully saturated rings. The number of para-hydroxylation sites is 1. The second-order valence-corrected chi connectivity index (χ2v) is 12.3. The van der Waals surface area contributed by atoms with Gasteiger partial charge >= 0.3 is 18.2 Å². The van der Waals surface area contributed by atoms with Gasteiger partial charge in [-0.15, -0.1) is 0 Å². The zero-order chi connectivity index (χ0) is 32.7. The fourth-order valence-electron chi connectivity index (χ4n) is 4.34. The van der Waals surface area contributed by atoms with Gasteiger partial charge in [-0.1, -0.05) is 43.0 Å². The Kier molecular flexibility index (Phi) is 10.8. The van der Waals surface area contributed by atoms with Crippen LogP contribution in [0.3, 0.4) is 0 Å². The van der Waals surface area contributed by atoms with E-state index >= 15 is 0 Å². The minimum Gasteiger partial charge on any atom is -0.490 e. The molecule has 44 heavy (non-hydrogen) atoms. The van der Waals surface area contributed by atoms with Gasteiger partial charge in [0.05, 0.1) is 5.52 Å². The molecule has 0 spiro atoms. The Balaban J connectivity index is 1.86. The zero-order valence-electron chi connectivity index (χ0n) is 26.0. The summed E-state index contributed by atoms with van der Waals surface area (Å²) in [6.07, 6.45) is 1.62. The zero-order valence-corrected chi connectivity index (χ0v) is 26.0. The molecule has 0 bridgehead atoms. The molecular weight excluding hydrogens is 566 g/mol. The first-order valence-electron chi connectivity index (χ1n) is 14.2. The van der Waals surface area contributed by atoms with Crippen molar-refractivity contribution in [2.75, 3.05) is 6.61 Å². The lowest BCUT2D eigenvalue weighted by Gasteiger charge is -2.24. The standard InChI is InChI=1S/C33H41N3O8/c1-8-17-42-23-15-13-21(14-16-23)18-25(35-30(40)43-32(2,3)4)28(37)34-26(29(38)39)19-22-20-36(31(41)44-33(5,6)7)27-12-10-9-11-24(22)27/h8-16,20,25-26H,1,17-19H2,2-7H3,(H,34,37)(H,35,40)(H,38,39)/t25-,26+/m0/s1. The van der Waals surface area contributed by atoms with E-state index in [0.29, 0.717) is 34.4 Å². The molecule has 2 aromatic carbocycles. The summed E-state index contributed by atoms with van der Waals surface area (Å²) in [5.41, 5.74) is 0.193. The van der Waals surface area contributed by atoms with Gasteiger partial charge in [0, 0.05) is 24.4 Å². The first-order valence-corrected chi connectivity index (χ1v) is 14.2. The van der Waals surface area contributed by atoms with Crippen LogP contribution in [0.4, 0.5) is 9.59 Å². The maximum Gasteiger partial charge on any atom is 0.419 e. The number of aliphatic carboxylic acids is 1. The van der Waals surface area contributed by atoms with E-state index in [0.717, 1.165) is 0 Å². The number of fused-ring (bicyclic) bond motifs is 1. The molecule has 2 atom stereocenters. The molecule has 0 aliphatic rings. The summed E-state index contributed by atoms with van der Waals surface area (Å²) in [6.45, 7) is 14.3. The van der Waals surface area contributed by atoms with Crippen LogP contribution in [0.2, 0.25) is 0 Å². The number of nitrogens with one attached hydrogen (secondary N) is 2. The SMILES string of the molecule is C=CCOc1ccc(C[C@H](NC(=O)OC(C)(C)C)C(=O)N[C@H](Cc2cn(C(=O)OC(C)(C)C)c3ccccc23)C(=O)O)cc1. The first kappa shape index (κ1) is 33.7. The number of carboxylic acids is 1. The Labute approximate surface area is 257 Å². The molecule has 0 saturated carbocycles. The lowest BCUT2D eigenvalue weighted by Crippen LogP contribution is -2.53. The van der Waals surface area contributed by atoms with Crippen LogP contribution in [0.25, 0.3) is 10.9 Å². The van der Waals surface area contributed by atoms with Gasteiger partial charge in [0.1, 0.15) is 35.6 Å². The van der Waals surface area contributed by atoms with Crippen molar-refractivity contribution < 1.29 is 38.5 Å². The number of carbonyl (C=O) groups excluding carboxylic acids is 3. The topological polar surface area (TPSA) is 145 Å². The van der Waals surface area contributed by atoms with Gasteiger partial charge in [-0.2, -0.15) is 0 Å². The molecule has 0 radical (unpaired) electrons. The van der Waals surface area contributed by atoms with Gasteiger partial charge in [-0.25, -0.2) is 14.4 Å². The third kappa shape index (κ3) is 9.89. The first-order chi connectivity index (χ1) is 20.6. The number of aromatic nitrogens is 1. The van der Waals surface area contributed by atoms with E-state index in [1.165, 1.54) is 10.8 Å². The van der Waals surface area contributed by atoms with E-state index in [1.54, 1.807) is 96.1 Å². The average molecular weight is 608 g/mol. The number of carbonyl (C=O) groups is 4. The largest absolute Gasteiger partial charge is 0.490 e. The lowest BCUT2D eigenvalue weighted by atomic mass is 10.0. The van der Waals surface area contributed by atoms with Crippen LogP contribution in [0, 0.1) is 0 Å². The number of hydrogen-bond acceptors (Lipinski definition) is 7. The van der Waals surface area contributed by atoms with E-state index < -0.39 is 47.3 Å². The number of benzene rings is 2. The maximum absolute atomic E-state index is 13.5. The highest BCUT2D eigenvalue weighted by Crippen LogP contribution is 2.24. The summed E-state index contributed by atoms with van der Waals surface area (Å²) in [5, 5.41) is 15.9. The average Bonchev–Trinajstić information content (AvgIpc) is 3.28. The van der Waals surface area contributed by atoms with Crippen molar-refractivity contribution in [2.24, 2.45) is 0 Å². The highest BCUT2D eigenvalue weighted by atomic mass is 16.6. The fraction of sp³-hybridized carbons (Fsp3) is 0.394. The molecule has 11 nitrogen and oxygen atoms in total. The van der Waals surface area contributed by atoms with E-state index in [9.17, 15) is 24.3 Å². The monoisotopic (exact) mass is 607 g/mol. The molecule has 1 heterocycles. The number of ether oxygens (including phenoxy) is 3. The third-order valence-corrected chi connectivity index (χ3v) is 6.16. The van der Waals surface area contributed by atoms with Crippen LogP contribution in [0.15, 0.2) is 67.4 Å². The molecule has 3 rings (SSSR count). The van der Waals surface area contributed by atoms with E-state index in [2.05, 4.69) is 17.2 Å². The van der Waals surface area contributed by atoms with Gasteiger partial charge in [0.25, 0.3) is 0 Å². The smallest absolute Gasteiger partial charge is 0.419 e. The number of carboxylic acid groups (broad SMARTS) is 1. The molecule has 3 N–H and O–H groups in total. The second-order valence-electron chi connectivity index (χ2n) is 12.3. The van der Waals surface area contributed by atoms with Crippen molar-refractivity contribution in [3.63, 3.8) is 0 Å². The summed E-state index contributed by atoms with van der Waals surface area (Å²) in [6, 6.07) is 11.4. The molecule has 11 heteroatoms. The normalized spacial score (nSPS) is 13.0. The molecule has 2 amide bonds. The van der Waals surface area contributed by atoms with Crippen molar-refractivity contribution in [2.45, 2.75) is 77.7 Å². The Hall–Kier alpha value is -4.80. The molecule has 0 aliphatic heterocycles. The predicted octanol–water partition coefficient (Wildman–Crippen LogP) is 5.24. The minimum absolute atomic E-state index is 0.0527. The quantitative estimate of drug-likeness (QED) is 0.251. The molecule has 236 valence electrons. The minimum atomic E-state index is -1.38. The summed E-state index contributed by atoms with van der Waals surface area (Å²) >= 11 is 0. The number of amides is 2.